The summed E-state index contributed by atoms with van der Waals surface area (Å²) < 4.78 is 14.0. The number of carbonyl (C=O) groups excluding carboxylic acids is 1. The fourth-order valence-electron chi connectivity index (χ4n) is 6.38. The number of aryl methyl sites for hydroxylation is 1. The van der Waals surface area contributed by atoms with Crippen molar-refractivity contribution in [1.82, 2.24) is 19.4 Å². The number of hydrogen-bond acceptors (Lipinski definition) is 7. The molecule has 10 heteroatoms. The Morgan fingerprint density at radius 2 is 1.74 bits per heavy atom. The number of benzene rings is 2. The molecule has 7 rings (SSSR count). The monoisotopic (exact) mass is 609 g/mol. The summed E-state index contributed by atoms with van der Waals surface area (Å²) in [5.41, 5.74) is 6.65. The van der Waals surface area contributed by atoms with E-state index in [0.29, 0.717) is 12.3 Å². The van der Waals surface area contributed by atoms with Crippen molar-refractivity contribution < 1.29 is 14.3 Å². The molecule has 1 aliphatic carbocycles. The topological polar surface area (TPSA) is 72.7 Å². The number of imidazole rings is 1. The van der Waals surface area contributed by atoms with Gasteiger partial charge in [-0.1, -0.05) is 18.2 Å². The summed E-state index contributed by atoms with van der Waals surface area (Å²) >= 11 is 0. The van der Waals surface area contributed by atoms with Gasteiger partial charge in [-0.05, 0) is 74.9 Å². The van der Waals surface area contributed by atoms with Crippen LogP contribution in [0.1, 0.15) is 53.1 Å². The second-order valence-corrected chi connectivity index (χ2v) is 11.2. The van der Waals surface area contributed by atoms with Crippen LogP contribution in [0.15, 0.2) is 54.9 Å². The normalized spacial score (nSPS) is 16.6. The number of aromatic nitrogens is 3. The fraction of sp³-hybridized carbons (Fsp3) is 0.406. The Balaban J connectivity index is 0.00000176. The molecule has 2 aromatic carbocycles. The van der Waals surface area contributed by atoms with Crippen LogP contribution in [-0.2, 0) is 17.8 Å². The van der Waals surface area contributed by atoms with Crippen LogP contribution < -0.4 is 9.64 Å². The van der Waals surface area contributed by atoms with Gasteiger partial charge in [0.1, 0.15) is 24.8 Å². The molecule has 2 aliphatic heterocycles. The first-order valence-electron chi connectivity index (χ1n) is 14.5. The second kappa shape index (κ2) is 12.9. The van der Waals surface area contributed by atoms with Crippen molar-refractivity contribution >= 4 is 47.4 Å². The Morgan fingerprint density at radius 1 is 0.976 bits per heavy atom. The highest BCUT2D eigenvalue weighted by Gasteiger charge is 2.29. The minimum Gasteiger partial charge on any atom is -0.485 e. The molecule has 2 fully saturated rings. The van der Waals surface area contributed by atoms with Crippen LogP contribution in [0.3, 0.4) is 0 Å². The van der Waals surface area contributed by atoms with E-state index in [9.17, 15) is 4.79 Å². The van der Waals surface area contributed by atoms with E-state index in [-0.39, 0.29) is 36.9 Å². The zero-order valence-electron chi connectivity index (χ0n) is 23.8. The average molecular weight is 611 g/mol. The molecule has 3 aliphatic rings. The van der Waals surface area contributed by atoms with Gasteiger partial charge in [0.25, 0.3) is 0 Å². The summed E-state index contributed by atoms with van der Waals surface area (Å²) in [6.07, 6.45) is 6.78. The van der Waals surface area contributed by atoms with Gasteiger partial charge in [0.05, 0.1) is 16.9 Å². The lowest BCUT2D eigenvalue weighted by Crippen LogP contribution is -2.47. The molecule has 0 N–H and O–H groups in total. The number of nitrogens with zero attached hydrogens (tertiary/aromatic N) is 5. The molecule has 42 heavy (non-hydrogen) atoms. The van der Waals surface area contributed by atoms with E-state index in [1.165, 1.54) is 16.6 Å². The molecule has 2 aromatic heterocycles. The number of ether oxygens (including phenoxy) is 2. The summed E-state index contributed by atoms with van der Waals surface area (Å²) in [5.74, 6) is 0.554. The van der Waals surface area contributed by atoms with Gasteiger partial charge in [0.2, 0.25) is 0 Å². The van der Waals surface area contributed by atoms with Gasteiger partial charge in [-0.25, -0.2) is 9.78 Å². The van der Waals surface area contributed by atoms with Crippen molar-refractivity contribution in [2.24, 2.45) is 0 Å². The number of carbonyl (C=O) groups is 1. The van der Waals surface area contributed by atoms with Crippen molar-refractivity contribution in [3.8, 4) is 11.4 Å². The standard InChI is InChI=1S/C32H35N5O3.2ClH/c1-22-12-13-25-26(34-22)9-5-10-27(25)36-18-16-35(17-19-36)15-14-23-6-4-11-28-31(23)39-20-29-30(33-21-37(28)29)32(38)40-24-7-2-3-8-24;;/h4-6,9-13,21,24H,2-3,7-8,14-20H2,1H3;2*1H. The van der Waals surface area contributed by atoms with Crippen LogP contribution in [0.2, 0.25) is 0 Å². The average Bonchev–Trinajstić information content (AvgIpc) is 3.66. The van der Waals surface area contributed by atoms with Gasteiger partial charge in [-0.3, -0.25) is 14.5 Å². The van der Waals surface area contributed by atoms with Gasteiger partial charge in [0, 0.05) is 49.5 Å². The third-order valence-corrected chi connectivity index (χ3v) is 8.58. The zero-order valence-corrected chi connectivity index (χ0v) is 25.5. The van der Waals surface area contributed by atoms with Crippen LogP contribution in [-0.4, -0.2) is 64.2 Å². The first kappa shape index (κ1) is 30.1. The molecule has 4 heterocycles. The molecule has 8 nitrogen and oxygen atoms in total. The molecule has 0 amide bonds. The number of hydrogen-bond donors (Lipinski definition) is 0. The van der Waals surface area contributed by atoms with Crippen LogP contribution >= 0.6 is 24.8 Å². The number of fused-ring (bicyclic) bond motifs is 4. The third kappa shape index (κ3) is 5.80. The minimum absolute atomic E-state index is 0. The van der Waals surface area contributed by atoms with Crippen molar-refractivity contribution in [3.05, 3.63) is 77.5 Å². The summed E-state index contributed by atoms with van der Waals surface area (Å²) in [4.78, 5) is 27.0. The number of anilines is 1. The molecule has 0 radical (unpaired) electrons. The predicted molar refractivity (Wildman–Crippen MR) is 169 cm³/mol. The lowest BCUT2D eigenvalue weighted by Gasteiger charge is -2.36. The van der Waals surface area contributed by atoms with Crippen molar-refractivity contribution in [2.75, 3.05) is 37.6 Å². The van der Waals surface area contributed by atoms with Crippen molar-refractivity contribution in [3.63, 3.8) is 0 Å². The maximum absolute atomic E-state index is 12.8. The lowest BCUT2D eigenvalue weighted by molar-refractivity contribution is 0.0308. The Labute approximate surface area is 258 Å². The van der Waals surface area contributed by atoms with Crippen molar-refractivity contribution in [2.45, 2.75) is 51.7 Å². The highest BCUT2D eigenvalue weighted by Crippen LogP contribution is 2.35. The highest BCUT2D eigenvalue weighted by atomic mass is 35.5. The Morgan fingerprint density at radius 3 is 2.55 bits per heavy atom. The Hall–Kier alpha value is -3.33. The molecular weight excluding hydrogens is 573 g/mol. The quantitative estimate of drug-likeness (QED) is 0.251. The molecule has 1 saturated carbocycles. The fourth-order valence-corrected chi connectivity index (χ4v) is 6.38. The number of pyridine rings is 1. The predicted octanol–water partition coefficient (Wildman–Crippen LogP) is 5.93. The molecule has 0 spiro atoms. The van der Waals surface area contributed by atoms with E-state index in [1.807, 2.05) is 17.6 Å². The summed E-state index contributed by atoms with van der Waals surface area (Å²) in [5, 5.41) is 1.23. The summed E-state index contributed by atoms with van der Waals surface area (Å²) in [7, 11) is 0. The third-order valence-electron chi connectivity index (χ3n) is 8.58. The maximum Gasteiger partial charge on any atom is 0.359 e. The van der Waals surface area contributed by atoms with Crippen LogP contribution in [0.4, 0.5) is 5.69 Å². The van der Waals surface area contributed by atoms with E-state index in [4.69, 9.17) is 14.5 Å². The first-order valence-corrected chi connectivity index (χ1v) is 14.5. The number of rotatable bonds is 6. The second-order valence-electron chi connectivity index (χ2n) is 11.2. The van der Waals surface area contributed by atoms with E-state index in [0.717, 1.165) is 93.2 Å². The number of para-hydroxylation sites is 1. The van der Waals surface area contributed by atoms with E-state index >= 15 is 0 Å². The Bertz CT molecular complexity index is 1560. The first-order chi connectivity index (χ1) is 19.6. The van der Waals surface area contributed by atoms with Gasteiger partial charge in [-0.15, -0.1) is 24.8 Å². The molecule has 222 valence electrons. The van der Waals surface area contributed by atoms with Gasteiger partial charge >= 0.3 is 5.97 Å². The molecule has 0 unspecified atom stereocenters. The number of esters is 1. The SMILES string of the molecule is Cc1ccc2c(N3CCN(CCc4cccc5c4OCc4c(C(=O)OC6CCCC6)ncn4-5)CC3)cccc2n1.Cl.Cl. The number of halogens is 2. The minimum atomic E-state index is -0.335. The van der Waals surface area contributed by atoms with Crippen LogP contribution in [0.25, 0.3) is 16.6 Å². The zero-order chi connectivity index (χ0) is 27.1. The van der Waals surface area contributed by atoms with Gasteiger partial charge in [-0.2, -0.15) is 0 Å². The van der Waals surface area contributed by atoms with Gasteiger partial charge in [0.15, 0.2) is 5.69 Å². The smallest absolute Gasteiger partial charge is 0.359 e. The summed E-state index contributed by atoms with van der Waals surface area (Å²) in [6.45, 7) is 7.35. The van der Waals surface area contributed by atoms with E-state index in [2.05, 4.69) is 57.2 Å². The number of piperazine rings is 1. The molecule has 4 aromatic rings. The lowest BCUT2D eigenvalue weighted by atomic mass is 10.1. The molecular formula is C32H37Cl2N5O3. The largest absolute Gasteiger partial charge is 0.485 e. The van der Waals surface area contributed by atoms with E-state index < -0.39 is 0 Å². The van der Waals surface area contributed by atoms with Crippen LogP contribution in [0.5, 0.6) is 5.75 Å². The van der Waals surface area contributed by atoms with E-state index in [1.54, 1.807) is 6.33 Å². The Kier molecular flexibility index (Phi) is 9.25. The highest BCUT2D eigenvalue weighted by molar-refractivity contribution is 5.92. The van der Waals surface area contributed by atoms with Crippen molar-refractivity contribution in [1.29, 1.82) is 0 Å². The van der Waals surface area contributed by atoms with Gasteiger partial charge < -0.3 is 14.4 Å². The maximum atomic E-state index is 12.8. The molecule has 1 saturated heterocycles. The molecule has 0 bridgehead atoms. The van der Waals surface area contributed by atoms with Crippen LogP contribution in [0, 0.1) is 6.92 Å². The summed E-state index contributed by atoms with van der Waals surface area (Å²) in [6, 6.07) is 17.0. The molecule has 0 atom stereocenters.